The van der Waals surface area contributed by atoms with Crippen LogP contribution in [0.15, 0.2) is 36.5 Å². The minimum atomic E-state index is -0.421. The van der Waals surface area contributed by atoms with Crippen molar-refractivity contribution < 1.29 is 13.9 Å². The van der Waals surface area contributed by atoms with Crippen molar-refractivity contribution in [1.29, 1.82) is 0 Å². The average molecular weight is 229 g/mol. The van der Waals surface area contributed by atoms with Gasteiger partial charge in [0.1, 0.15) is 23.9 Å². The zero-order valence-electron chi connectivity index (χ0n) is 8.81. The number of hydrogen-bond acceptors (Lipinski definition) is 3. The van der Waals surface area contributed by atoms with Crippen molar-refractivity contribution in [2.24, 2.45) is 0 Å². The van der Waals surface area contributed by atoms with E-state index < -0.39 is 5.82 Å². The number of ether oxygens (including phenoxy) is 1. The molecule has 4 heteroatoms. The van der Waals surface area contributed by atoms with E-state index in [1.165, 1.54) is 18.2 Å². The minimum absolute atomic E-state index is 0.228. The molecule has 0 spiro atoms. The largest absolute Gasteiger partial charge is 0.488 e. The lowest BCUT2D eigenvalue weighted by atomic mass is 10.0. The summed E-state index contributed by atoms with van der Waals surface area (Å²) < 4.78 is 18.5. The molecule has 2 heterocycles. The molecule has 0 radical (unpaired) electrons. The average Bonchev–Trinajstić information content (AvgIpc) is 2.48. The Hall–Kier alpha value is -2.23. The Morgan fingerprint density at radius 1 is 1.29 bits per heavy atom. The first-order chi connectivity index (χ1) is 8.25. The molecule has 0 fully saturated rings. The highest BCUT2D eigenvalue weighted by molar-refractivity contribution is 6.10. The van der Waals surface area contributed by atoms with Crippen LogP contribution in [0.25, 0.3) is 0 Å². The van der Waals surface area contributed by atoms with E-state index in [1.54, 1.807) is 18.3 Å². The number of nitrogens with zero attached hydrogens (tertiary/aromatic N) is 1. The molecule has 17 heavy (non-hydrogen) atoms. The molecule has 1 aromatic heterocycles. The lowest BCUT2D eigenvalue weighted by Crippen LogP contribution is -2.05. The molecule has 0 atom stereocenters. The summed E-state index contributed by atoms with van der Waals surface area (Å²) in [6, 6.07) is 7.42. The van der Waals surface area contributed by atoms with Crippen LogP contribution in [0.4, 0.5) is 4.39 Å². The number of aromatic nitrogens is 1. The molecule has 1 aliphatic rings. The van der Waals surface area contributed by atoms with Crippen molar-refractivity contribution in [2.75, 3.05) is 0 Å². The summed E-state index contributed by atoms with van der Waals surface area (Å²) in [5, 5.41) is 0. The highest BCUT2D eigenvalue weighted by atomic mass is 19.1. The smallest absolute Gasteiger partial charge is 0.215 e. The van der Waals surface area contributed by atoms with Gasteiger partial charge in [-0.05, 0) is 18.2 Å². The molecule has 0 bridgehead atoms. The van der Waals surface area contributed by atoms with E-state index in [4.69, 9.17) is 4.74 Å². The van der Waals surface area contributed by atoms with Gasteiger partial charge in [0.2, 0.25) is 5.78 Å². The molecule has 0 N–H and O–H groups in total. The Labute approximate surface area is 96.9 Å². The number of halogens is 1. The monoisotopic (exact) mass is 229 g/mol. The van der Waals surface area contributed by atoms with Crippen LogP contribution >= 0.6 is 0 Å². The molecular weight excluding hydrogens is 221 g/mol. The number of benzene rings is 1. The van der Waals surface area contributed by atoms with Crippen LogP contribution in [-0.2, 0) is 6.61 Å². The first-order valence-corrected chi connectivity index (χ1v) is 5.16. The van der Waals surface area contributed by atoms with E-state index in [0.717, 1.165) is 0 Å². The maximum Gasteiger partial charge on any atom is 0.215 e. The van der Waals surface area contributed by atoms with Crippen LogP contribution in [0, 0.1) is 5.82 Å². The van der Waals surface area contributed by atoms with Crippen LogP contribution in [0.2, 0.25) is 0 Å². The maximum absolute atomic E-state index is 13.1. The molecular formula is C13H8FNO2. The van der Waals surface area contributed by atoms with Crippen molar-refractivity contribution in [3.8, 4) is 5.75 Å². The Kier molecular flexibility index (Phi) is 2.14. The summed E-state index contributed by atoms with van der Waals surface area (Å²) in [6.45, 7) is 0.228. The van der Waals surface area contributed by atoms with Crippen LogP contribution < -0.4 is 4.74 Å². The summed E-state index contributed by atoms with van der Waals surface area (Å²) in [4.78, 5) is 16.2. The van der Waals surface area contributed by atoms with Gasteiger partial charge in [-0.15, -0.1) is 0 Å². The minimum Gasteiger partial charge on any atom is -0.488 e. The third-order valence-corrected chi connectivity index (χ3v) is 2.68. The predicted octanol–water partition coefficient (Wildman–Crippen LogP) is 2.34. The van der Waals surface area contributed by atoms with Gasteiger partial charge in [0.15, 0.2) is 0 Å². The Balaban J connectivity index is 2.20. The number of rotatable bonds is 0. The molecule has 84 valence electrons. The summed E-state index contributed by atoms with van der Waals surface area (Å²) in [5.74, 6) is -0.378. The number of carbonyl (C=O) groups is 1. The molecule has 1 aliphatic heterocycles. The van der Waals surface area contributed by atoms with Gasteiger partial charge in [0.25, 0.3) is 0 Å². The number of pyridine rings is 1. The third-order valence-electron chi connectivity index (χ3n) is 2.68. The van der Waals surface area contributed by atoms with Crippen LogP contribution in [0.5, 0.6) is 5.75 Å². The summed E-state index contributed by atoms with van der Waals surface area (Å²) in [5.41, 5.74) is 1.44. The molecule has 3 nitrogen and oxygen atoms in total. The maximum atomic E-state index is 13.1. The van der Waals surface area contributed by atoms with Gasteiger partial charge in [0, 0.05) is 17.8 Å². The standard InChI is InChI=1S/C13H8FNO2/c14-9-3-4-10-11(6-9)17-7-8-2-1-5-15-12(8)13(10)16/h1-6H,7H2. The molecule has 0 amide bonds. The lowest BCUT2D eigenvalue weighted by molar-refractivity contribution is 0.103. The van der Waals surface area contributed by atoms with E-state index in [0.29, 0.717) is 16.8 Å². The van der Waals surface area contributed by atoms with E-state index >= 15 is 0 Å². The van der Waals surface area contributed by atoms with Gasteiger partial charge < -0.3 is 4.74 Å². The Morgan fingerprint density at radius 2 is 2.18 bits per heavy atom. The van der Waals surface area contributed by atoms with E-state index in [-0.39, 0.29) is 18.1 Å². The molecule has 0 saturated carbocycles. The molecule has 1 aromatic carbocycles. The molecule has 0 saturated heterocycles. The number of carbonyl (C=O) groups excluding carboxylic acids is 1. The van der Waals surface area contributed by atoms with Gasteiger partial charge in [-0.2, -0.15) is 0 Å². The fraction of sp³-hybridized carbons (Fsp3) is 0.0769. The van der Waals surface area contributed by atoms with Crippen molar-refractivity contribution in [1.82, 2.24) is 4.98 Å². The SMILES string of the molecule is O=C1c2ccc(F)cc2OCc2cccnc21. The van der Waals surface area contributed by atoms with Gasteiger partial charge in [-0.25, -0.2) is 4.39 Å². The van der Waals surface area contributed by atoms with Gasteiger partial charge >= 0.3 is 0 Å². The highest BCUT2D eigenvalue weighted by Crippen LogP contribution is 2.27. The first-order valence-electron chi connectivity index (χ1n) is 5.16. The Morgan fingerprint density at radius 3 is 3.06 bits per heavy atom. The first kappa shape index (κ1) is 9.96. The quantitative estimate of drug-likeness (QED) is 0.696. The van der Waals surface area contributed by atoms with Gasteiger partial charge in [-0.3, -0.25) is 9.78 Å². The fourth-order valence-corrected chi connectivity index (χ4v) is 1.85. The predicted molar refractivity (Wildman–Crippen MR) is 58.4 cm³/mol. The van der Waals surface area contributed by atoms with Crippen LogP contribution in [0.1, 0.15) is 21.6 Å². The topological polar surface area (TPSA) is 39.2 Å². The molecule has 0 aliphatic carbocycles. The molecule has 0 unspecified atom stereocenters. The van der Waals surface area contributed by atoms with Crippen LogP contribution in [-0.4, -0.2) is 10.8 Å². The van der Waals surface area contributed by atoms with E-state index in [9.17, 15) is 9.18 Å². The normalized spacial score (nSPS) is 13.4. The third kappa shape index (κ3) is 1.58. The van der Waals surface area contributed by atoms with Crippen molar-refractivity contribution in [2.45, 2.75) is 6.61 Å². The van der Waals surface area contributed by atoms with E-state index in [1.807, 2.05) is 0 Å². The van der Waals surface area contributed by atoms with E-state index in [2.05, 4.69) is 4.98 Å². The second-order valence-electron chi connectivity index (χ2n) is 3.77. The zero-order valence-corrected chi connectivity index (χ0v) is 8.81. The highest BCUT2D eigenvalue weighted by Gasteiger charge is 2.23. The summed E-state index contributed by atoms with van der Waals surface area (Å²) in [7, 11) is 0. The fourth-order valence-electron chi connectivity index (χ4n) is 1.85. The summed E-state index contributed by atoms with van der Waals surface area (Å²) >= 11 is 0. The van der Waals surface area contributed by atoms with Crippen molar-refractivity contribution in [3.63, 3.8) is 0 Å². The van der Waals surface area contributed by atoms with Crippen LogP contribution in [0.3, 0.4) is 0 Å². The second kappa shape index (κ2) is 3.66. The van der Waals surface area contributed by atoms with Gasteiger partial charge in [-0.1, -0.05) is 6.07 Å². The van der Waals surface area contributed by atoms with Crippen molar-refractivity contribution >= 4 is 5.78 Å². The molecule has 3 rings (SSSR count). The number of ketones is 1. The summed E-state index contributed by atoms with van der Waals surface area (Å²) in [6.07, 6.45) is 1.56. The second-order valence-corrected chi connectivity index (χ2v) is 3.77. The van der Waals surface area contributed by atoms with Crippen molar-refractivity contribution in [3.05, 3.63) is 59.2 Å². The molecule has 2 aromatic rings. The zero-order chi connectivity index (χ0) is 11.8. The number of hydrogen-bond donors (Lipinski definition) is 0. The lowest BCUT2D eigenvalue weighted by Gasteiger charge is -2.04. The Bertz CT molecular complexity index is 610. The van der Waals surface area contributed by atoms with Gasteiger partial charge in [0.05, 0.1) is 5.56 Å². The number of fused-ring (bicyclic) bond motifs is 2.